The lowest BCUT2D eigenvalue weighted by Crippen LogP contribution is -2.70. The molecule has 0 saturated carbocycles. The molecule has 2 aromatic heterocycles. The number of nitrogen functional groups attached to an aromatic ring is 1. The highest BCUT2D eigenvalue weighted by atomic mass is 32.2. The standard InChI is InChI=1S/C19H20N8O8S3/c1-26-18(23-11(24-26)16(30)33-2)38-5-7-4-36-15-10(13(29)27(15)14(7)35-19(31)32)22-12(28)9(25-34-3)8-6-37-17(20)21-8/h6,10,15H,4-5H2,1-3H3,(H2,20,21)(H,22,28)(H,31,32)/b25-9-/t10-,15-/m1/s1. The number of hydrogen-bond donors (Lipinski definition) is 3. The van der Waals surface area contributed by atoms with E-state index in [1.807, 2.05) is 0 Å². The third-order valence-corrected chi connectivity index (χ3v) is 8.21. The number of hydrogen-bond acceptors (Lipinski definition) is 15. The molecule has 202 valence electrons. The highest BCUT2D eigenvalue weighted by molar-refractivity contribution is 8.01. The number of oxime groups is 1. The predicted molar refractivity (Wildman–Crippen MR) is 134 cm³/mol. The summed E-state index contributed by atoms with van der Waals surface area (Å²) >= 11 is 3.58. The first-order valence-electron chi connectivity index (χ1n) is 10.5. The van der Waals surface area contributed by atoms with Crippen LogP contribution in [0.1, 0.15) is 16.3 Å². The molecule has 2 aliphatic rings. The van der Waals surface area contributed by atoms with Gasteiger partial charge in [0.05, 0.1) is 7.11 Å². The molecule has 4 rings (SSSR count). The van der Waals surface area contributed by atoms with E-state index in [2.05, 4.69) is 30.3 Å². The van der Waals surface area contributed by atoms with Crippen LogP contribution >= 0.6 is 34.9 Å². The van der Waals surface area contributed by atoms with Gasteiger partial charge in [-0.3, -0.25) is 14.5 Å². The number of nitrogens with zero attached hydrogens (tertiary/aromatic N) is 6. The first-order chi connectivity index (χ1) is 18.1. The largest absolute Gasteiger partial charge is 0.512 e. The SMILES string of the molecule is CO/N=C(\C(=O)N[C@@H]1C(=O)N2C(OC(=O)O)=C(CSc3nc(C(=O)OC)nn3C)CS[C@H]12)c1csc(N)n1. The summed E-state index contributed by atoms with van der Waals surface area (Å²) in [4.78, 5) is 63.1. The number of amides is 2. The molecule has 16 nitrogen and oxygen atoms in total. The second kappa shape index (κ2) is 11.3. The normalized spacial score (nSPS) is 19.0. The minimum Gasteiger partial charge on any atom is -0.463 e. The lowest BCUT2D eigenvalue weighted by molar-refractivity contribution is -0.148. The van der Waals surface area contributed by atoms with Gasteiger partial charge < -0.3 is 30.5 Å². The molecule has 0 unspecified atom stereocenters. The predicted octanol–water partition coefficient (Wildman–Crippen LogP) is 0.0893. The number of anilines is 1. The maximum absolute atomic E-state index is 13.0. The molecule has 0 radical (unpaired) electrons. The summed E-state index contributed by atoms with van der Waals surface area (Å²) in [5, 5.41) is 21.0. The van der Waals surface area contributed by atoms with Crippen molar-refractivity contribution in [2.24, 2.45) is 12.2 Å². The number of thioether (sulfide) groups is 2. The van der Waals surface area contributed by atoms with Crippen LogP contribution in [0.3, 0.4) is 0 Å². The number of esters is 1. The fourth-order valence-corrected chi connectivity index (χ4v) is 6.34. The molecule has 38 heavy (non-hydrogen) atoms. The molecule has 1 saturated heterocycles. The van der Waals surface area contributed by atoms with Crippen molar-refractivity contribution in [3.63, 3.8) is 0 Å². The van der Waals surface area contributed by atoms with Crippen LogP contribution in [-0.2, 0) is 30.9 Å². The first-order valence-corrected chi connectivity index (χ1v) is 13.4. The Morgan fingerprint density at radius 3 is 2.74 bits per heavy atom. The second-order valence-electron chi connectivity index (χ2n) is 7.45. The van der Waals surface area contributed by atoms with Crippen LogP contribution in [0, 0.1) is 0 Å². The number of carboxylic acid groups (broad SMARTS) is 1. The molecule has 2 aliphatic heterocycles. The van der Waals surface area contributed by atoms with Gasteiger partial charge in [-0.1, -0.05) is 16.9 Å². The van der Waals surface area contributed by atoms with E-state index in [-0.39, 0.29) is 34.0 Å². The Balaban J connectivity index is 1.50. The Morgan fingerprint density at radius 2 is 2.11 bits per heavy atom. The maximum Gasteiger partial charge on any atom is 0.512 e. The number of aromatic nitrogens is 4. The third kappa shape index (κ3) is 5.38. The van der Waals surface area contributed by atoms with Crippen molar-refractivity contribution in [3.8, 4) is 0 Å². The Bertz CT molecular complexity index is 1360. The van der Waals surface area contributed by atoms with Crippen LogP contribution < -0.4 is 11.1 Å². The molecule has 0 aromatic carbocycles. The number of carbonyl (C=O) groups is 4. The molecule has 0 bridgehead atoms. The molecule has 2 amide bonds. The average molecular weight is 585 g/mol. The minimum absolute atomic E-state index is 0.125. The number of thiazole rings is 1. The minimum atomic E-state index is -1.60. The van der Waals surface area contributed by atoms with Crippen LogP contribution in [0.15, 0.2) is 27.1 Å². The number of carbonyl (C=O) groups excluding carboxylic acids is 3. The quantitative estimate of drug-likeness (QED) is 0.117. The molecule has 2 atom stereocenters. The number of rotatable bonds is 9. The van der Waals surface area contributed by atoms with Gasteiger partial charge >= 0.3 is 12.1 Å². The lowest BCUT2D eigenvalue weighted by Gasteiger charge is -2.49. The van der Waals surface area contributed by atoms with Gasteiger partial charge in [-0.2, -0.15) is 4.98 Å². The average Bonchev–Trinajstić information content (AvgIpc) is 3.48. The Hall–Kier alpha value is -3.84. The summed E-state index contributed by atoms with van der Waals surface area (Å²) in [6.45, 7) is 0. The highest BCUT2D eigenvalue weighted by Crippen LogP contribution is 2.42. The molecule has 4 heterocycles. The van der Waals surface area contributed by atoms with Gasteiger partial charge in [-0.05, 0) is 0 Å². The fourth-order valence-electron chi connectivity index (χ4n) is 3.44. The molecular weight excluding hydrogens is 564 g/mol. The molecule has 2 aromatic rings. The van der Waals surface area contributed by atoms with Crippen LogP contribution in [0.4, 0.5) is 9.93 Å². The van der Waals surface area contributed by atoms with Gasteiger partial charge in [0.1, 0.15) is 24.2 Å². The van der Waals surface area contributed by atoms with E-state index in [4.69, 9.17) is 15.3 Å². The number of nitrogens with one attached hydrogen (secondary N) is 1. The van der Waals surface area contributed by atoms with Crippen molar-refractivity contribution in [2.75, 3.05) is 31.5 Å². The summed E-state index contributed by atoms with van der Waals surface area (Å²) in [5.41, 5.74) is 6.15. The van der Waals surface area contributed by atoms with Crippen LogP contribution in [0.25, 0.3) is 0 Å². The first kappa shape index (κ1) is 27.2. The van der Waals surface area contributed by atoms with E-state index < -0.39 is 35.4 Å². The van der Waals surface area contributed by atoms with Gasteiger partial charge in [0.2, 0.25) is 5.88 Å². The molecule has 19 heteroatoms. The van der Waals surface area contributed by atoms with Gasteiger partial charge in [-0.25, -0.2) is 19.3 Å². The number of ether oxygens (including phenoxy) is 2. The van der Waals surface area contributed by atoms with Crippen LogP contribution in [0.2, 0.25) is 0 Å². The van der Waals surface area contributed by atoms with E-state index in [1.54, 1.807) is 7.05 Å². The zero-order valence-corrected chi connectivity index (χ0v) is 22.4. The highest BCUT2D eigenvalue weighted by Gasteiger charge is 2.54. The van der Waals surface area contributed by atoms with Gasteiger partial charge in [-0.15, -0.1) is 28.2 Å². The Morgan fingerprint density at radius 1 is 1.34 bits per heavy atom. The topological polar surface area (TPSA) is 213 Å². The number of methoxy groups -OCH3 is 1. The van der Waals surface area contributed by atoms with Crippen molar-refractivity contribution in [2.45, 2.75) is 16.6 Å². The number of fused-ring (bicyclic) bond motifs is 1. The summed E-state index contributed by atoms with van der Waals surface area (Å²) < 4.78 is 11.0. The van der Waals surface area contributed by atoms with Crippen LogP contribution in [-0.4, -0.2) is 96.5 Å². The van der Waals surface area contributed by atoms with Gasteiger partial charge in [0.25, 0.3) is 17.6 Å². The maximum atomic E-state index is 13.0. The Labute approximate surface area is 226 Å². The monoisotopic (exact) mass is 584 g/mol. The van der Waals surface area contributed by atoms with Crippen LogP contribution in [0.5, 0.6) is 0 Å². The third-order valence-electron chi connectivity index (χ3n) is 5.09. The van der Waals surface area contributed by atoms with Crippen molar-refractivity contribution in [3.05, 3.63) is 28.4 Å². The zero-order valence-electron chi connectivity index (χ0n) is 19.9. The molecule has 1 fully saturated rings. The van der Waals surface area contributed by atoms with Crippen molar-refractivity contribution < 1.29 is 38.6 Å². The summed E-state index contributed by atoms with van der Waals surface area (Å²) in [7, 11) is 4.05. The van der Waals surface area contributed by atoms with Gasteiger partial charge in [0, 0.05) is 29.5 Å². The molecule has 0 spiro atoms. The van der Waals surface area contributed by atoms with Crippen molar-refractivity contribution >= 4 is 69.6 Å². The zero-order chi connectivity index (χ0) is 27.6. The summed E-state index contributed by atoms with van der Waals surface area (Å²) in [6.07, 6.45) is -1.60. The Kier molecular flexibility index (Phi) is 8.07. The lowest BCUT2D eigenvalue weighted by atomic mass is 10.1. The number of β-lactam (4-membered cyclic amide) rings is 1. The number of aryl methyl sites for hydroxylation is 1. The molecule has 4 N–H and O–H groups in total. The molecule has 0 aliphatic carbocycles. The van der Waals surface area contributed by atoms with Crippen molar-refractivity contribution in [1.29, 1.82) is 0 Å². The van der Waals surface area contributed by atoms with E-state index >= 15 is 0 Å². The summed E-state index contributed by atoms with van der Waals surface area (Å²) in [6, 6.07) is -0.978. The molecular formula is C19H20N8O8S3. The van der Waals surface area contributed by atoms with E-state index in [1.165, 1.54) is 52.7 Å². The smallest absolute Gasteiger partial charge is 0.463 e. The van der Waals surface area contributed by atoms with Crippen molar-refractivity contribution in [1.82, 2.24) is 30.0 Å². The fraction of sp³-hybridized carbons (Fsp3) is 0.368. The number of nitrogens with two attached hydrogens (primary N) is 1. The summed E-state index contributed by atoms with van der Waals surface area (Å²) in [5.74, 6) is -1.78. The second-order valence-corrected chi connectivity index (χ2v) is 10.4. The van der Waals surface area contributed by atoms with E-state index in [9.17, 15) is 24.3 Å². The van der Waals surface area contributed by atoms with Gasteiger partial charge in [0.15, 0.2) is 16.0 Å². The van der Waals surface area contributed by atoms with E-state index in [0.29, 0.717) is 16.5 Å². The van der Waals surface area contributed by atoms with E-state index in [0.717, 1.165) is 11.3 Å².